The van der Waals surface area contributed by atoms with Crippen LogP contribution >= 0.6 is 39.1 Å². The predicted octanol–water partition coefficient (Wildman–Crippen LogP) is 6.89. The fourth-order valence-corrected chi connectivity index (χ4v) is 3.59. The molecule has 0 radical (unpaired) electrons. The van der Waals surface area contributed by atoms with Crippen LogP contribution in [0.15, 0.2) is 59.1 Å². The maximum atomic E-state index is 6.78. The number of rotatable bonds is 2. The van der Waals surface area contributed by atoms with Gasteiger partial charge in [0, 0.05) is 14.9 Å². The summed E-state index contributed by atoms with van der Waals surface area (Å²) in [4.78, 5) is 0. The Kier molecular flexibility index (Phi) is 4.26. The fourth-order valence-electron chi connectivity index (χ4n) is 2.56. The van der Waals surface area contributed by atoms with E-state index in [4.69, 9.17) is 23.2 Å². The lowest BCUT2D eigenvalue weighted by Crippen LogP contribution is -1.98. The van der Waals surface area contributed by atoms with Crippen LogP contribution in [0.3, 0.4) is 0 Å². The SMILES string of the molecule is Cc1ccc(Br)cc1C(Cl)c1ccc(Cl)c2ccccc12. The second-order valence-electron chi connectivity index (χ2n) is 5.05. The normalized spacial score (nSPS) is 12.6. The van der Waals surface area contributed by atoms with Gasteiger partial charge in [-0.25, -0.2) is 0 Å². The van der Waals surface area contributed by atoms with Gasteiger partial charge in [0.25, 0.3) is 0 Å². The monoisotopic (exact) mass is 378 g/mol. The average Bonchev–Trinajstić information content (AvgIpc) is 2.50. The van der Waals surface area contributed by atoms with Crippen molar-refractivity contribution in [3.05, 3.63) is 80.8 Å². The van der Waals surface area contributed by atoms with E-state index < -0.39 is 0 Å². The third-order valence-electron chi connectivity index (χ3n) is 3.69. The summed E-state index contributed by atoms with van der Waals surface area (Å²) in [6.07, 6.45) is 0. The summed E-state index contributed by atoms with van der Waals surface area (Å²) in [5.41, 5.74) is 3.37. The van der Waals surface area contributed by atoms with E-state index in [-0.39, 0.29) is 5.38 Å². The molecule has 0 bridgehead atoms. The van der Waals surface area contributed by atoms with Crippen molar-refractivity contribution >= 4 is 49.9 Å². The van der Waals surface area contributed by atoms with Crippen LogP contribution in [0.2, 0.25) is 5.02 Å². The molecule has 0 aliphatic carbocycles. The van der Waals surface area contributed by atoms with Gasteiger partial charge in [0.15, 0.2) is 0 Å². The van der Waals surface area contributed by atoms with Crippen LogP contribution in [0.4, 0.5) is 0 Å². The number of hydrogen-bond donors (Lipinski definition) is 0. The standard InChI is InChI=1S/C18H13BrCl2/c1-11-6-7-12(19)10-16(11)18(21)15-8-9-17(20)14-5-3-2-4-13(14)15/h2-10,18H,1H3. The molecule has 0 heterocycles. The number of alkyl halides is 1. The van der Waals surface area contributed by atoms with Crippen LogP contribution in [0.5, 0.6) is 0 Å². The molecule has 21 heavy (non-hydrogen) atoms. The molecule has 3 heteroatoms. The summed E-state index contributed by atoms with van der Waals surface area (Å²) in [7, 11) is 0. The van der Waals surface area contributed by atoms with Crippen molar-refractivity contribution < 1.29 is 0 Å². The molecule has 1 atom stereocenters. The van der Waals surface area contributed by atoms with E-state index in [1.165, 1.54) is 5.56 Å². The average molecular weight is 380 g/mol. The summed E-state index contributed by atoms with van der Waals surface area (Å²) in [6.45, 7) is 2.08. The molecule has 3 aromatic rings. The van der Waals surface area contributed by atoms with Gasteiger partial charge in [-0.15, -0.1) is 11.6 Å². The highest BCUT2D eigenvalue weighted by Gasteiger charge is 2.17. The molecule has 0 spiro atoms. The minimum atomic E-state index is -0.204. The molecule has 0 amide bonds. The van der Waals surface area contributed by atoms with Crippen molar-refractivity contribution in [2.24, 2.45) is 0 Å². The molecule has 0 saturated carbocycles. The minimum absolute atomic E-state index is 0.204. The molecule has 0 aliphatic rings. The molecule has 1 unspecified atom stereocenters. The molecule has 3 aromatic carbocycles. The molecule has 0 aliphatic heterocycles. The van der Waals surface area contributed by atoms with Gasteiger partial charge < -0.3 is 0 Å². The maximum absolute atomic E-state index is 6.78. The van der Waals surface area contributed by atoms with E-state index in [1.54, 1.807) is 0 Å². The van der Waals surface area contributed by atoms with Crippen LogP contribution in [0.1, 0.15) is 22.1 Å². The van der Waals surface area contributed by atoms with E-state index in [0.717, 1.165) is 31.4 Å². The van der Waals surface area contributed by atoms with E-state index in [1.807, 2.05) is 36.4 Å². The molecule has 0 saturated heterocycles. The Balaban J connectivity index is 2.20. The first-order chi connectivity index (χ1) is 10.1. The Bertz CT molecular complexity index is 811. The zero-order valence-corrected chi connectivity index (χ0v) is 14.5. The van der Waals surface area contributed by atoms with Gasteiger partial charge >= 0.3 is 0 Å². The first kappa shape index (κ1) is 14.9. The van der Waals surface area contributed by atoms with Gasteiger partial charge in [-0.3, -0.25) is 0 Å². The lowest BCUT2D eigenvalue weighted by molar-refractivity contribution is 1.12. The quantitative estimate of drug-likeness (QED) is 0.425. The Labute approximate surface area is 142 Å². The van der Waals surface area contributed by atoms with Crippen molar-refractivity contribution in [2.45, 2.75) is 12.3 Å². The third-order valence-corrected chi connectivity index (χ3v) is 4.99. The zero-order valence-electron chi connectivity index (χ0n) is 11.4. The Hall–Kier alpha value is -1.02. The van der Waals surface area contributed by atoms with E-state index in [2.05, 4.69) is 41.1 Å². The molecule has 0 nitrogen and oxygen atoms in total. The first-order valence-electron chi connectivity index (χ1n) is 6.65. The van der Waals surface area contributed by atoms with Crippen molar-refractivity contribution in [3.63, 3.8) is 0 Å². The Morgan fingerprint density at radius 1 is 0.905 bits per heavy atom. The van der Waals surface area contributed by atoms with Gasteiger partial charge in [0.2, 0.25) is 0 Å². The van der Waals surface area contributed by atoms with Crippen LogP contribution in [0, 0.1) is 6.92 Å². The van der Waals surface area contributed by atoms with E-state index >= 15 is 0 Å². The fraction of sp³-hybridized carbons (Fsp3) is 0.111. The Morgan fingerprint density at radius 3 is 2.38 bits per heavy atom. The van der Waals surface area contributed by atoms with Crippen molar-refractivity contribution in [3.8, 4) is 0 Å². The smallest absolute Gasteiger partial charge is 0.0844 e. The maximum Gasteiger partial charge on any atom is 0.0844 e. The van der Waals surface area contributed by atoms with Crippen LogP contribution in [0.25, 0.3) is 10.8 Å². The molecule has 0 N–H and O–H groups in total. The van der Waals surface area contributed by atoms with Crippen molar-refractivity contribution in [1.29, 1.82) is 0 Å². The largest absolute Gasteiger partial charge is 0.113 e. The summed E-state index contributed by atoms with van der Waals surface area (Å²) < 4.78 is 1.03. The number of halogens is 3. The van der Waals surface area contributed by atoms with Crippen molar-refractivity contribution in [1.82, 2.24) is 0 Å². The Morgan fingerprint density at radius 2 is 1.62 bits per heavy atom. The highest BCUT2D eigenvalue weighted by molar-refractivity contribution is 9.10. The molecule has 3 rings (SSSR count). The van der Waals surface area contributed by atoms with Gasteiger partial charge in [-0.1, -0.05) is 63.9 Å². The number of fused-ring (bicyclic) bond motifs is 1. The first-order valence-corrected chi connectivity index (χ1v) is 8.26. The number of aryl methyl sites for hydroxylation is 1. The highest BCUT2D eigenvalue weighted by atomic mass is 79.9. The molecule has 0 fully saturated rings. The van der Waals surface area contributed by atoms with Gasteiger partial charge in [-0.2, -0.15) is 0 Å². The van der Waals surface area contributed by atoms with Gasteiger partial charge in [-0.05, 0) is 47.2 Å². The van der Waals surface area contributed by atoms with Gasteiger partial charge in [0.05, 0.1) is 5.38 Å². The summed E-state index contributed by atoms with van der Waals surface area (Å²) in [5.74, 6) is 0. The van der Waals surface area contributed by atoms with Crippen molar-refractivity contribution in [2.75, 3.05) is 0 Å². The summed E-state index contributed by atoms with van der Waals surface area (Å²) in [5, 5.41) is 2.69. The van der Waals surface area contributed by atoms with Crippen LogP contribution in [-0.2, 0) is 0 Å². The second kappa shape index (κ2) is 6.00. The van der Waals surface area contributed by atoms with E-state index in [0.29, 0.717) is 0 Å². The molecular weight excluding hydrogens is 367 g/mol. The number of benzene rings is 3. The van der Waals surface area contributed by atoms with Gasteiger partial charge in [0.1, 0.15) is 0 Å². The lowest BCUT2D eigenvalue weighted by Gasteiger charge is -2.16. The second-order valence-corrected chi connectivity index (χ2v) is 6.80. The summed E-state index contributed by atoms with van der Waals surface area (Å²) in [6, 6.07) is 18.2. The molecule has 0 aromatic heterocycles. The number of hydrogen-bond acceptors (Lipinski definition) is 0. The van der Waals surface area contributed by atoms with Crippen LogP contribution < -0.4 is 0 Å². The topological polar surface area (TPSA) is 0 Å². The summed E-state index contributed by atoms with van der Waals surface area (Å²) >= 11 is 16.6. The zero-order chi connectivity index (χ0) is 15.0. The van der Waals surface area contributed by atoms with Crippen LogP contribution in [-0.4, -0.2) is 0 Å². The third kappa shape index (κ3) is 2.83. The minimum Gasteiger partial charge on any atom is -0.113 e. The van der Waals surface area contributed by atoms with E-state index in [9.17, 15) is 0 Å². The molecular formula is C18H13BrCl2. The molecule has 106 valence electrons. The predicted molar refractivity (Wildman–Crippen MR) is 95.5 cm³/mol. The highest BCUT2D eigenvalue weighted by Crippen LogP contribution is 2.38. The lowest BCUT2D eigenvalue weighted by atomic mass is 9.95.